The number of carbonyl (C=O) groups is 2. The van der Waals surface area contributed by atoms with Crippen molar-refractivity contribution in [2.75, 3.05) is 38.7 Å². The van der Waals surface area contributed by atoms with Crippen LogP contribution in [0.15, 0.2) is 48.5 Å². The Bertz CT molecular complexity index is 863. The Balaban J connectivity index is 1.51. The number of hydrogen-bond acceptors (Lipinski definition) is 6. The summed E-state index contributed by atoms with van der Waals surface area (Å²) in [6.07, 6.45) is 0.862. The average Bonchev–Trinajstić information content (AvgIpc) is 3.24. The largest absolute Gasteiger partial charge is 0.497 e. The highest BCUT2D eigenvalue weighted by Gasteiger charge is 2.39. The van der Waals surface area contributed by atoms with Gasteiger partial charge in [-0.25, -0.2) is 0 Å². The van der Waals surface area contributed by atoms with Crippen LogP contribution in [-0.4, -0.2) is 50.0 Å². The number of benzene rings is 2. The number of likely N-dealkylation sites (tertiary alicyclic amines) is 1. The van der Waals surface area contributed by atoms with Crippen LogP contribution >= 0.6 is 0 Å². The Morgan fingerprint density at radius 1 is 1.00 bits per heavy atom. The summed E-state index contributed by atoms with van der Waals surface area (Å²) < 4.78 is 17.0. The molecule has 0 aromatic heterocycles. The number of carbonyl (C=O) groups excluding carboxylic acids is 2. The van der Waals surface area contributed by atoms with Crippen LogP contribution < -0.4 is 10.1 Å². The van der Waals surface area contributed by atoms with E-state index in [2.05, 4.69) is 5.32 Å². The molecule has 0 radical (unpaired) electrons. The topological polar surface area (TPSA) is 77.1 Å². The zero-order valence-corrected chi connectivity index (χ0v) is 16.3. The molecule has 0 spiro atoms. The second-order valence-corrected chi connectivity index (χ2v) is 7.08. The Hall–Kier alpha value is -2.90. The number of piperidine rings is 1. The molecule has 2 aliphatic rings. The van der Waals surface area contributed by atoms with Gasteiger partial charge in [0.25, 0.3) is 11.8 Å². The molecule has 29 heavy (non-hydrogen) atoms. The van der Waals surface area contributed by atoms with E-state index < -0.39 is 5.91 Å². The molecule has 2 saturated heterocycles. The van der Waals surface area contributed by atoms with Gasteiger partial charge in [-0.2, -0.15) is 0 Å². The molecule has 0 saturated carbocycles. The Morgan fingerprint density at radius 2 is 1.62 bits per heavy atom. The molecule has 0 atom stereocenters. The molecule has 2 aliphatic heterocycles. The number of ether oxygens (including phenoxy) is 3. The van der Waals surface area contributed by atoms with Crippen LogP contribution in [0.5, 0.6) is 5.75 Å². The van der Waals surface area contributed by atoms with Gasteiger partial charge in [0, 0.05) is 42.7 Å². The number of anilines is 1. The van der Waals surface area contributed by atoms with Gasteiger partial charge in [0.2, 0.25) is 0 Å². The van der Waals surface area contributed by atoms with E-state index in [9.17, 15) is 9.59 Å². The molecular weight excluding hydrogens is 372 g/mol. The van der Waals surface area contributed by atoms with Crippen molar-refractivity contribution < 1.29 is 23.8 Å². The van der Waals surface area contributed by atoms with Gasteiger partial charge in [0.15, 0.2) is 0 Å². The van der Waals surface area contributed by atoms with Gasteiger partial charge in [0.05, 0.1) is 20.3 Å². The molecule has 152 valence electrons. The van der Waals surface area contributed by atoms with Crippen molar-refractivity contribution in [2.45, 2.75) is 18.8 Å². The van der Waals surface area contributed by atoms with E-state index in [-0.39, 0.29) is 11.7 Å². The van der Waals surface area contributed by atoms with E-state index in [1.165, 1.54) is 0 Å². The molecule has 0 unspecified atom stereocenters. The van der Waals surface area contributed by atoms with Crippen LogP contribution in [0, 0.1) is 0 Å². The molecule has 2 heterocycles. The molecule has 2 aromatic carbocycles. The van der Waals surface area contributed by atoms with E-state index in [4.69, 9.17) is 14.2 Å². The summed E-state index contributed by atoms with van der Waals surface area (Å²) in [6.45, 7) is 1.89. The normalized spacial score (nSPS) is 18.5. The van der Waals surface area contributed by atoms with Crippen LogP contribution in [0.2, 0.25) is 0 Å². The van der Waals surface area contributed by atoms with Gasteiger partial charge in [-0.1, -0.05) is 12.1 Å². The lowest BCUT2D eigenvalue weighted by Gasteiger charge is -2.30. The van der Waals surface area contributed by atoms with Crippen molar-refractivity contribution in [3.05, 3.63) is 59.7 Å². The summed E-state index contributed by atoms with van der Waals surface area (Å²) in [5.74, 6) is -0.186. The standard InChI is InChI=1S/C22H24N2O5/c1-27-20-8-6-18(7-9-20)23-22(28-14-15-29-22)17-4-2-16(3-5-17)21(26)24-12-10-19(25)11-13-24/h2-9,23H,10-15H2,1H3. The van der Waals surface area contributed by atoms with E-state index in [0.717, 1.165) is 17.0 Å². The molecule has 1 N–H and O–H groups in total. The maximum Gasteiger partial charge on any atom is 0.277 e. The van der Waals surface area contributed by atoms with Crippen LogP contribution in [0.1, 0.15) is 28.8 Å². The van der Waals surface area contributed by atoms with Crippen LogP contribution in [0.25, 0.3) is 0 Å². The highest BCUT2D eigenvalue weighted by Crippen LogP contribution is 2.33. The first kappa shape index (κ1) is 19.4. The number of nitrogens with zero attached hydrogens (tertiary/aromatic N) is 1. The average molecular weight is 396 g/mol. The van der Waals surface area contributed by atoms with Gasteiger partial charge in [0.1, 0.15) is 11.5 Å². The number of ketones is 1. The van der Waals surface area contributed by atoms with Crippen molar-refractivity contribution in [1.29, 1.82) is 0 Å². The molecule has 4 rings (SSSR count). The number of nitrogens with one attached hydrogen (secondary N) is 1. The number of rotatable bonds is 5. The van der Waals surface area contributed by atoms with Crippen LogP contribution in [0.4, 0.5) is 5.69 Å². The number of methoxy groups -OCH3 is 1. The Kier molecular flexibility index (Phi) is 5.51. The lowest BCUT2D eigenvalue weighted by Crippen LogP contribution is -2.39. The zero-order chi connectivity index (χ0) is 20.3. The Labute approximate surface area is 169 Å². The summed E-state index contributed by atoms with van der Waals surface area (Å²) in [5.41, 5.74) is 2.18. The SMILES string of the molecule is COc1ccc(NC2(c3ccc(C(=O)N4CCC(=O)CC4)cc3)OCCO2)cc1. The smallest absolute Gasteiger partial charge is 0.277 e. The zero-order valence-electron chi connectivity index (χ0n) is 16.3. The minimum atomic E-state index is -1.10. The minimum Gasteiger partial charge on any atom is -0.497 e. The van der Waals surface area contributed by atoms with Gasteiger partial charge < -0.3 is 24.4 Å². The third kappa shape index (κ3) is 4.11. The highest BCUT2D eigenvalue weighted by molar-refractivity contribution is 5.95. The van der Waals surface area contributed by atoms with Gasteiger partial charge >= 0.3 is 0 Å². The molecule has 0 aliphatic carbocycles. The second kappa shape index (κ2) is 8.23. The monoisotopic (exact) mass is 396 g/mol. The lowest BCUT2D eigenvalue weighted by molar-refractivity contribution is -0.141. The van der Waals surface area contributed by atoms with E-state index in [1.807, 2.05) is 36.4 Å². The molecule has 0 bridgehead atoms. The maximum absolute atomic E-state index is 12.7. The fourth-order valence-corrected chi connectivity index (χ4v) is 3.56. The van der Waals surface area contributed by atoms with Gasteiger partial charge in [-0.15, -0.1) is 0 Å². The van der Waals surface area contributed by atoms with E-state index >= 15 is 0 Å². The number of amides is 1. The molecule has 7 nitrogen and oxygen atoms in total. The third-order valence-corrected chi connectivity index (χ3v) is 5.21. The Morgan fingerprint density at radius 3 is 2.21 bits per heavy atom. The predicted octanol–water partition coefficient (Wildman–Crippen LogP) is 2.77. The quantitative estimate of drug-likeness (QED) is 0.838. The first-order chi connectivity index (χ1) is 14.1. The fourth-order valence-electron chi connectivity index (χ4n) is 3.56. The number of Topliss-reactive ketones (excluding diaryl/α,β-unsaturated/α-hetero) is 1. The third-order valence-electron chi connectivity index (χ3n) is 5.21. The van der Waals surface area contributed by atoms with E-state index in [1.54, 1.807) is 24.1 Å². The van der Waals surface area contributed by atoms with Crippen molar-refractivity contribution in [1.82, 2.24) is 4.90 Å². The number of hydrogen-bond donors (Lipinski definition) is 1. The van der Waals surface area contributed by atoms with Crippen molar-refractivity contribution in [2.24, 2.45) is 0 Å². The first-order valence-corrected chi connectivity index (χ1v) is 9.71. The summed E-state index contributed by atoms with van der Waals surface area (Å²) in [5, 5.41) is 3.31. The van der Waals surface area contributed by atoms with Crippen molar-refractivity contribution in [3.63, 3.8) is 0 Å². The molecule has 2 aromatic rings. The summed E-state index contributed by atoms with van der Waals surface area (Å²) >= 11 is 0. The van der Waals surface area contributed by atoms with Crippen molar-refractivity contribution >= 4 is 17.4 Å². The summed E-state index contributed by atoms with van der Waals surface area (Å²) in [4.78, 5) is 25.8. The van der Waals surface area contributed by atoms with Crippen LogP contribution in [-0.2, 0) is 20.2 Å². The summed E-state index contributed by atoms with van der Waals surface area (Å²) in [6, 6.07) is 14.7. The molecule has 7 heteroatoms. The lowest BCUT2D eigenvalue weighted by atomic mass is 10.1. The van der Waals surface area contributed by atoms with Gasteiger partial charge in [-0.3, -0.25) is 9.59 Å². The van der Waals surface area contributed by atoms with Crippen LogP contribution in [0.3, 0.4) is 0 Å². The fraction of sp³-hybridized carbons (Fsp3) is 0.364. The minimum absolute atomic E-state index is 0.0607. The second-order valence-electron chi connectivity index (χ2n) is 7.08. The maximum atomic E-state index is 12.7. The van der Waals surface area contributed by atoms with Crippen molar-refractivity contribution in [3.8, 4) is 5.75 Å². The highest BCUT2D eigenvalue weighted by atomic mass is 16.8. The summed E-state index contributed by atoms with van der Waals surface area (Å²) in [7, 11) is 1.62. The molecule has 2 fully saturated rings. The van der Waals surface area contributed by atoms with Gasteiger partial charge in [-0.05, 0) is 36.4 Å². The molecule has 1 amide bonds. The first-order valence-electron chi connectivity index (χ1n) is 9.71. The van der Waals surface area contributed by atoms with E-state index in [0.29, 0.717) is 44.7 Å². The predicted molar refractivity (Wildman–Crippen MR) is 107 cm³/mol. The molecular formula is C22H24N2O5.